The van der Waals surface area contributed by atoms with Crippen LogP contribution in [0, 0.1) is 0 Å². The number of hydrogen-bond donors (Lipinski definition) is 1. The van der Waals surface area contributed by atoms with E-state index in [1.807, 2.05) is 12.1 Å². The zero-order chi connectivity index (χ0) is 16.9. The first kappa shape index (κ1) is 17.1. The maximum absolute atomic E-state index is 12.2. The molecule has 3 rings (SSSR count). The average Bonchev–Trinajstić information content (AvgIpc) is 2.99. The van der Waals surface area contributed by atoms with Crippen molar-refractivity contribution in [1.29, 1.82) is 0 Å². The normalized spacial score (nSPS) is 15.5. The van der Waals surface area contributed by atoms with Crippen molar-refractivity contribution in [2.45, 2.75) is 6.54 Å². The Bertz CT molecular complexity index is 699. The van der Waals surface area contributed by atoms with Gasteiger partial charge in [0.15, 0.2) is 18.1 Å². The third kappa shape index (κ3) is 4.41. The van der Waals surface area contributed by atoms with Crippen LogP contribution in [0.2, 0.25) is 4.34 Å². The van der Waals surface area contributed by atoms with Crippen molar-refractivity contribution in [2.24, 2.45) is 0 Å². The predicted molar refractivity (Wildman–Crippen MR) is 94.8 cm³/mol. The number of carbonyl (C=O) groups is 1. The number of phenolic OH excluding ortho intramolecular Hbond substituents is 1. The molecule has 0 bridgehead atoms. The van der Waals surface area contributed by atoms with Crippen LogP contribution in [-0.4, -0.2) is 53.6 Å². The van der Waals surface area contributed by atoms with Crippen LogP contribution in [0.4, 0.5) is 0 Å². The van der Waals surface area contributed by atoms with E-state index in [0.29, 0.717) is 18.8 Å². The number of thiophene rings is 1. The summed E-state index contributed by atoms with van der Waals surface area (Å²) in [4.78, 5) is 17.6. The fraction of sp³-hybridized carbons (Fsp3) is 0.353. The van der Waals surface area contributed by atoms with Gasteiger partial charge in [0.05, 0.1) is 4.34 Å². The molecule has 1 aromatic carbocycles. The number of rotatable bonds is 5. The second kappa shape index (κ2) is 7.88. The molecule has 1 N–H and O–H groups in total. The number of para-hydroxylation sites is 2. The van der Waals surface area contributed by atoms with E-state index in [2.05, 4.69) is 4.90 Å². The van der Waals surface area contributed by atoms with Crippen LogP contribution < -0.4 is 4.74 Å². The lowest BCUT2D eigenvalue weighted by molar-refractivity contribution is -0.135. The summed E-state index contributed by atoms with van der Waals surface area (Å²) < 4.78 is 6.21. The van der Waals surface area contributed by atoms with E-state index in [9.17, 15) is 9.90 Å². The minimum atomic E-state index is -0.0583. The van der Waals surface area contributed by atoms with E-state index >= 15 is 0 Å². The van der Waals surface area contributed by atoms with E-state index in [4.69, 9.17) is 16.3 Å². The fourth-order valence-electron chi connectivity index (χ4n) is 2.62. The number of amides is 1. The predicted octanol–water partition coefficient (Wildman–Crippen LogP) is 2.83. The standard InChI is InChI=1S/C17H19ClN2O3S/c18-16-6-5-13(24-16)11-19-7-9-20(10-8-19)17(22)12-23-15-4-2-1-3-14(15)21/h1-6,21H,7-12H2. The molecule has 1 aliphatic rings. The van der Waals surface area contributed by atoms with Gasteiger partial charge in [-0.25, -0.2) is 0 Å². The molecule has 7 heteroatoms. The topological polar surface area (TPSA) is 53.0 Å². The van der Waals surface area contributed by atoms with Gasteiger partial charge in [-0.15, -0.1) is 11.3 Å². The van der Waals surface area contributed by atoms with Gasteiger partial charge in [0.25, 0.3) is 5.91 Å². The molecule has 2 heterocycles. The molecule has 0 spiro atoms. The molecular formula is C17H19ClN2O3S. The van der Waals surface area contributed by atoms with Crippen LogP contribution in [0.15, 0.2) is 36.4 Å². The molecular weight excluding hydrogens is 348 g/mol. The Balaban J connectivity index is 1.44. The monoisotopic (exact) mass is 366 g/mol. The summed E-state index contributed by atoms with van der Waals surface area (Å²) >= 11 is 7.55. The van der Waals surface area contributed by atoms with Crippen molar-refractivity contribution in [3.05, 3.63) is 45.6 Å². The van der Waals surface area contributed by atoms with Gasteiger partial charge in [0.1, 0.15) is 0 Å². The lowest BCUT2D eigenvalue weighted by Crippen LogP contribution is -2.49. The van der Waals surface area contributed by atoms with Crippen LogP contribution in [-0.2, 0) is 11.3 Å². The van der Waals surface area contributed by atoms with E-state index in [1.54, 1.807) is 34.4 Å². The summed E-state index contributed by atoms with van der Waals surface area (Å²) in [6.07, 6.45) is 0. The number of hydrogen-bond acceptors (Lipinski definition) is 5. The third-order valence-corrected chi connectivity index (χ3v) is 5.17. The number of nitrogens with zero attached hydrogens (tertiary/aromatic N) is 2. The largest absolute Gasteiger partial charge is 0.504 e. The molecule has 128 valence electrons. The van der Waals surface area contributed by atoms with Gasteiger partial charge >= 0.3 is 0 Å². The molecule has 1 saturated heterocycles. The number of piperazine rings is 1. The highest BCUT2D eigenvalue weighted by atomic mass is 35.5. The molecule has 0 unspecified atom stereocenters. The highest BCUT2D eigenvalue weighted by Gasteiger charge is 2.22. The Morgan fingerprint density at radius 1 is 1.17 bits per heavy atom. The number of benzene rings is 1. The van der Waals surface area contributed by atoms with E-state index in [0.717, 1.165) is 24.0 Å². The number of aromatic hydroxyl groups is 1. The smallest absolute Gasteiger partial charge is 0.260 e. The molecule has 1 fully saturated rings. The highest BCUT2D eigenvalue weighted by Crippen LogP contribution is 2.25. The summed E-state index contributed by atoms with van der Waals surface area (Å²) in [6.45, 7) is 3.84. The van der Waals surface area contributed by atoms with Crippen molar-refractivity contribution >= 4 is 28.8 Å². The summed E-state index contributed by atoms with van der Waals surface area (Å²) in [5, 5.41) is 9.65. The van der Waals surface area contributed by atoms with Crippen LogP contribution in [0.5, 0.6) is 11.5 Å². The summed E-state index contributed by atoms with van der Waals surface area (Å²) in [5.41, 5.74) is 0. The van der Waals surface area contributed by atoms with Gasteiger partial charge in [-0.2, -0.15) is 0 Å². The maximum atomic E-state index is 12.2. The zero-order valence-electron chi connectivity index (χ0n) is 13.2. The van der Waals surface area contributed by atoms with Gasteiger partial charge in [-0.3, -0.25) is 9.69 Å². The SMILES string of the molecule is O=C(COc1ccccc1O)N1CCN(Cc2ccc(Cl)s2)CC1. The molecule has 5 nitrogen and oxygen atoms in total. The van der Waals surface area contributed by atoms with Gasteiger partial charge in [0.2, 0.25) is 0 Å². The number of phenols is 1. The van der Waals surface area contributed by atoms with Gasteiger partial charge in [-0.05, 0) is 24.3 Å². The minimum Gasteiger partial charge on any atom is -0.504 e. The van der Waals surface area contributed by atoms with Crippen molar-refractivity contribution < 1.29 is 14.6 Å². The first-order valence-electron chi connectivity index (χ1n) is 7.77. The first-order valence-corrected chi connectivity index (χ1v) is 8.96. The average molecular weight is 367 g/mol. The second-order valence-electron chi connectivity index (χ2n) is 5.62. The Morgan fingerprint density at radius 2 is 1.92 bits per heavy atom. The van der Waals surface area contributed by atoms with Crippen molar-refractivity contribution in [1.82, 2.24) is 9.80 Å². The molecule has 0 radical (unpaired) electrons. The highest BCUT2D eigenvalue weighted by molar-refractivity contribution is 7.16. The molecule has 2 aromatic rings. The van der Waals surface area contributed by atoms with Crippen molar-refractivity contribution in [2.75, 3.05) is 32.8 Å². The maximum Gasteiger partial charge on any atom is 0.260 e. The molecule has 0 aliphatic carbocycles. The Kier molecular flexibility index (Phi) is 5.60. The molecule has 1 aliphatic heterocycles. The molecule has 1 aromatic heterocycles. The second-order valence-corrected chi connectivity index (χ2v) is 7.42. The minimum absolute atomic E-state index is 0.0460. The van der Waals surface area contributed by atoms with Crippen LogP contribution in [0.25, 0.3) is 0 Å². The van der Waals surface area contributed by atoms with Crippen molar-refractivity contribution in [3.8, 4) is 11.5 Å². The summed E-state index contributed by atoms with van der Waals surface area (Å²) in [5.74, 6) is 0.320. The number of ether oxygens (including phenoxy) is 1. The number of halogens is 1. The molecule has 0 atom stereocenters. The van der Waals surface area contributed by atoms with E-state index in [1.165, 1.54) is 10.9 Å². The zero-order valence-corrected chi connectivity index (χ0v) is 14.7. The lowest BCUT2D eigenvalue weighted by Gasteiger charge is -2.34. The third-order valence-electron chi connectivity index (χ3n) is 3.95. The van der Waals surface area contributed by atoms with E-state index in [-0.39, 0.29) is 18.3 Å². The molecule has 0 saturated carbocycles. The Labute approximate surface area is 150 Å². The summed E-state index contributed by atoms with van der Waals surface area (Å²) in [6, 6.07) is 10.6. The van der Waals surface area contributed by atoms with Gasteiger partial charge in [-0.1, -0.05) is 23.7 Å². The molecule has 24 heavy (non-hydrogen) atoms. The molecule has 1 amide bonds. The Morgan fingerprint density at radius 3 is 2.58 bits per heavy atom. The van der Waals surface area contributed by atoms with Gasteiger partial charge < -0.3 is 14.7 Å². The fourth-order valence-corrected chi connectivity index (χ4v) is 3.75. The quantitative estimate of drug-likeness (QED) is 0.884. The van der Waals surface area contributed by atoms with E-state index < -0.39 is 0 Å². The van der Waals surface area contributed by atoms with Crippen LogP contribution in [0.3, 0.4) is 0 Å². The number of carbonyl (C=O) groups excluding carboxylic acids is 1. The summed E-state index contributed by atoms with van der Waals surface area (Å²) in [7, 11) is 0. The Hall–Kier alpha value is -1.76. The van der Waals surface area contributed by atoms with Crippen molar-refractivity contribution in [3.63, 3.8) is 0 Å². The first-order chi connectivity index (χ1) is 11.6. The van der Waals surface area contributed by atoms with Gasteiger partial charge in [0, 0.05) is 37.6 Å². The lowest BCUT2D eigenvalue weighted by atomic mass is 10.3. The van der Waals surface area contributed by atoms with Crippen LogP contribution >= 0.6 is 22.9 Å². The van der Waals surface area contributed by atoms with Crippen LogP contribution in [0.1, 0.15) is 4.88 Å².